The van der Waals surface area contributed by atoms with Gasteiger partial charge in [0.15, 0.2) is 0 Å². The third-order valence-corrected chi connectivity index (χ3v) is 4.79. The van der Waals surface area contributed by atoms with Crippen molar-refractivity contribution in [2.45, 2.75) is 6.54 Å². The van der Waals surface area contributed by atoms with Gasteiger partial charge in [0.2, 0.25) is 0 Å². The van der Waals surface area contributed by atoms with Crippen LogP contribution in [0.5, 0.6) is 0 Å². The fourth-order valence-corrected chi connectivity index (χ4v) is 2.38. The number of nitrogens with zero attached hydrogens (tertiary/aromatic N) is 3. The number of nitro benzene ring substituents is 1. The van der Waals surface area contributed by atoms with E-state index in [9.17, 15) is 14.9 Å². The number of rotatable bonds is 3. The third-order valence-electron chi connectivity index (χ3n) is 2.54. The van der Waals surface area contributed by atoms with Gasteiger partial charge in [-0.2, -0.15) is 5.10 Å². The van der Waals surface area contributed by atoms with Crippen molar-refractivity contribution in [1.82, 2.24) is 9.78 Å². The van der Waals surface area contributed by atoms with E-state index < -0.39 is 10.5 Å². The Labute approximate surface area is 134 Å². The summed E-state index contributed by atoms with van der Waals surface area (Å²) in [5, 5.41) is 15.1. The summed E-state index contributed by atoms with van der Waals surface area (Å²) in [7, 11) is 0. The maximum Gasteiger partial charge on any atom is 0.282 e. The van der Waals surface area contributed by atoms with Crippen molar-refractivity contribution in [3.05, 3.63) is 64.4 Å². The molecule has 0 spiro atoms. The highest BCUT2D eigenvalue weighted by Gasteiger charge is 2.18. The molecule has 20 heavy (non-hydrogen) atoms. The predicted octanol–water partition coefficient (Wildman–Crippen LogP) is 3.38. The molecule has 0 amide bonds. The maximum absolute atomic E-state index is 12.0. The summed E-state index contributed by atoms with van der Waals surface area (Å²) in [6, 6.07) is 4.35. The number of hydrogen-bond donors (Lipinski definition) is 0. The second-order valence-electron chi connectivity index (χ2n) is 3.76. The predicted molar refractivity (Wildman–Crippen MR) is 81.1 cm³/mol. The van der Waals surface area contributed by atoms with E-state index in [-0.39, 0.29) is 22.8 Å². The second kappa shape index (κ2) is 6.02. The van der Waals surface area contributed by atoms with E-state index in [2.05, 4.69) is 37.0 Å². The zero-order chi connectivity index (χ0) is 14.9. The average molecular weight is 423 g/mol. The van der Waals surface area contributed by atoms with Gasteiger partial charge in [0.05, 0.1) is 32.7 Å². The number of nitro groups is 1. The monoisotopic (exact) mass is 421 g/mol. The number of halogens is 3. The van der Waals surface area contributed by atoms with Crippen molar-refractivity contribution in [2.24, 2.45) is 0 Å². The van der Waals surface area contributed by atoms with Crippen LogP contribution in [0.25, 0.3) is 0 Å². The molecular weight excluding hydrogens is 417 g/mol. The molecule has 9 heteroatoms. The summed E-state index contributed by atoms with van der Waals surface area (Å²) >= 11 is 12.3. The first kappa shape index (κ1) is 15.1. The van der Waals surface area contributed by atoms with Crippen molar-refractivity contribution in [3.63, 3.8) is 0 Å². The first-order valence-corrected chi connectivity index (χ1v) is 7.21. The van der Waals surface area contributed by atoms with Gasteiger partial charge in [0.1, 0.15) is 4.47 Å². The minimum absolute atomic E-state index is 0.0826. The summed E-state index contributed by atoms with van der Waals surface area (Å²) in [5.41, 5.74) is -0.318. The molecule has 0 aliphatic heterocycles. The molecule has 0 fully saturated rings. The summed E-state index contributed by atoms with van der Waals surface area (Å²) in [6.45, 7) is -0.0826. The van der Waals surface area contributed by atoms with Gasteiger partial charge in [0.25, 0.3) is 11.2 Å². The van der Waals surface area contributed by atoms with E-state index in [4.69, 9.17) is 11.6 Å². The molecule has 0 radical (unpaired) electrons. The van der Waals surface area contributed by atoms with Crippen LogP contribution in [-0.2, 0) is 6.54 Å². The Hall–Kier alpha value is -1.25. The molecule has 1 aromatic heterocycles. The van der Waals surface area contributed by atoms with Crippen molar-refractivity contribution in [1.29, 1.82) is 0 Å². The van der Waals surface area contributed by atoms with Crippen LogP contribution >= 0.6 is 43.5 Å². The molecule has 2 aromatic rings. The Morgan fingerprint density at radius 3 is 2.75 bits per heavy atom. The first-order valence-electron chi connectivity index (χ1n) is 5.24. The Kier molecular flexibility index (Phi) is 4.56. The number of benzene rings is 1. The van der Waals surface area contributed by atoms with E-state index >= 15 is 0 Å². The minimum atomic E-state index is -0.542. The van der Waals surface area contributed by atoms with Crippen LogP contribution in [0.1, 0.15) is 5.56 Å². The quantitative estimate of drug-likeness (QED) is 0.560. The van der Waals surface area contributed by atoms with E-state index in [0.717, 1.165) is 4.68 Å². The molecule has 0 saturated heterocycles. The summed E-state index contributed by atoms with van der Waals surface area (Å²) in [5.74, 6) is 0. The van der Waals surface area contributed by atoms with Crippen LogP contribution in [0.3, 0.4) is 0 Å². The molecule has 0 atom stereocenters. The van der Waals surface area contributed by atoms with Crippen LogP contribution in [0.15, 0.2) is 38.1 Å². The van der Waals surface area contributed by atoms with Gasteiger partial charge in [-0.05, 0) is 37.9 Å². The van der Waals surface area contributed by atoms with Crippen molar-refractivity contribution in [2.75, 3.05) is 0 Å². The fraction of sp³-hybridized carbons (Fsp3) is 0.0909. The summed E-state index contributed by atoms with van der Waals surface area (Å²) in [4.78, 5) is 22.4. The third kappa shape index (κ3) is 2.92. The fourth-order valence-electron chi connectivity index (χ4n) is 1.58. The normalized spacial score (nSPS) is 10.6. The van der Waals surface area contributed by atoms with E-state index in [0.29, 0.717) is 8.95 Å². The Morgan fingerprint density at radius 1 is 1.40 bits per heavy atom. The topological polar surface area (TPSA) is 78.0 Å². The molecule has 2 rings (SSSR count). The van der Waals surface area contributed by atoms with Gasteiger partial charge in [-0.15, -0.1) is 0 Å². The highest BCUT2D eigenvalue weighted by molar-refractivity contribution is 9.13. The highest BCUT2D eigenvalue weighted by Crippen LogP contribution is 2.27. The van der Waals surface area contributed by atoms with Crippen LogP contribution in [0.4, 0.5) is 5.69 Å². The zero-order valence-electron chi connectivity index (χ0n) is 9.72. The number of aromatic nitrogens is 2. The first-order chi connectivity index (χ1) is 9.41. The van der Waals surface area contributed by atoms with Crippen molar-refractivity contribution >= 4 is 49.1 Å². The molecule has 6 nitrogen and oxygen atoms in total. The lowest BCUT2D eigenvalue weighted by molar-refractivity contribution is -0.385. The largest absolute Gasteiger partial charge is 0.282 e. The van der Waals surface area contributed by atoms with Crippen LogP contribution in [-0.4, -0.2) is 14.7 Å². The SMILES string of the molecule is O=c1c(Br)c(Br)cnn1Cc1c(Cl)cccc1[N+](=O)[O-]. The molecule has 0 N–H and O–H groups in total. The lowest BCUT2D eigenvalue weighted by Gasteiger charge is -2.08. The van der Waals surface area contributed by atoms with E-state index in [1.807, 2.05) is 0 Å². The molecule has 0 unspecified atom stereocenters. The van der Waals surface area contributed by atoms with Crippen LogP contribution in [0, 0.1) is 10.1 Å². The second-order valence-corrected chi connectivity index (χ2v) is 5.82. The van der Waals surface area contributed by atoms with Gasteiger partial charge in [-0.1, -0.05) is 17.7 Å². The Balaban J connectivity index is 2.54. The molecule has 0 saturated carbocycles. The Morgan fingerprint density at radius 2 is 2.10 bits per heavy atom. The van der Waals surface area contributed by atoms with Gasteiger partial charge in [0, 0.05) is 6.07 Å². The standard InChI is InChI=1S/C11H6Br2ClN3O3/c12-7-4-15-16(11(18)10(7)13)5-6-8(14)2-1-3-9(6)17(19)20/h1-4H,5H2. The molecule has 104 valence electrons. The molecule has 0 bridgehead atoms. The smallest absolute Gasteiger partial charge is 0.266 e. The molecule has 1 aromatic carbocycles. The lowest BCUT2D eigenvalue weighted by atomic mass is 10.2. The molecule has 1 heterocycles. The molecule has 0 aliphatic carbocycles. The van der Waals surface area contributed by atoms with Crippen molar-refractivity contribution < 1.29 is 4.92 Å². The number of hydrogen-bond acceptors (Lipinski definition) is 4. The van der Waals surface area contributed by atoms with Crippen LogP contribution in [0.2, 0.25) is 5.02 Å². The van der Waals surface area contributed by atoms with E-state index in [1.54, 1.807) is 0 Å². The summed E-state index contributed by atoms with van der Waals surface area (Å²) in [6.07, 6.45) is 1.42. The average Bonchev–Trinajstić information content (AvgIpc) is 2.41. The Bertz CT molecular complexity index is 748. The van der Waals surface area contributed by atoms with Crippen LogP contribution < -0.4 is 5.56 Å². The van der Waals surface area contributed by atoms with Gasteiger partial charge in [-0.3, -0.25) is 14.9 Å². The maximum atomic E-state index is 12.0. The summed E-state index contributed by atoms with van der Waals surface area (Å²) < 4.78 is 1.90. The zero-order valence-corrected chi connectivity index (χ0v) is 13.6. The minimum Gasteiger partial charge on any atom is -0.266 e. The highest BCUT2D eigenvalue weighted by atomic mass is 79.9. The lowest BCUT2D eigenvalue weighted by Crippen LogP contribution is -2.24. The molecular formula is C11H6Br2ClN3O3. The van der Waals surface area contributed by atoms with Gasteiger partial charge >= 0.3 is 0 Å². The van der Waals surface area contributed by atoms with Crippen molar-refractivity contribution in [3.8, 4) is 0 Å². The van der Waals surface area contributed by atoms with E-state index in [1.165, 1.54) is 24.4 Å². The van der Waals surface area contributed by atoms with Gasteiger partial charge < -0.3 is 0 Å². The van der Waals surface area contributed by atoms with Gasteiger partial charge in [-0.25, -0.2) is 4.68 Å². The molecule has 0 aliphatic rings.